The number of carbonyl (C=O) groups is 1. The summed E-state index contributed by atoms with van der Waals surface area (Å²) in [4.78, 5) is 15.3. The summed E-state index contributed by atoms with van der Waals surface area (Å²) in [5.74, 6) is -0.289. The van der Waals surface area contributed by atoms with Crippen molar-refractivity contribution in [3.05, 3.63) is 38.6 Å². The van der Waals surface area contributed by atoms with Gasteiger partial charge in [-0.25, -0.2) is 9.78 Å². The van der Waals surface area contributed by atoms with E-state index in [9.17, 15) is 18.0 Å². The Morgan fingerprint density at radius 1 is 1.33 bits per heavy atom. The molecule has 0 saturated carbocycles. The van der Waals surface area contributed by atoms with Crippen LogP contribution in [0.4, 0.5) is 23.8 Å². The van der Waals surface area contributed by atoms with E-state index in [1.54, 1.807) is 0 Å². The van der Waals surface area contributed by atoms with Gasteiger partial charge in [-0.1, -0.05) is 40.6 Å². The van der Waals surface area contributed by atoms with Crippen LogP contribution in [0.15, 0.2) is 24.3 Å². The van der Waals surface area contributed by atoms with Gasteiger partial charge in [0.25, 0.3) is 0 Å². The van der Waals surface area contributed by atoms with Crippen LogP contribution >= 0.6 is 34.5 Å². The van der Waals surface area contributed by atoms with Crippen LogP contribution in [-0.4, -0.2) is 11.1 Å². The molecule has 0 aliphatic heterocycles. The number of hydrogen-bond acceptors (Lipinski definition) is 4. The van der Waals surface area contributed by atoms with Crippen LogP contribution in [0.5, 0.6) is 5.75 Å². The summed E-state index contributed by atoms with van der Waals surface area (Å²) >= 11 is 12.2. The van der Waals surface area contributed by atoms with Crippen LogP contribution in [-0.2, 0) is 6.18 Å². The van der Waals surface area contributed by atoms with E-state index in [0.717, 1.165) is 23.5 Å². The van der Waals surface area contributed by atoms with Crippen LogP contribution in [0.3, 0.4) is 0 Å². The van der Waals surface area contributed by atoms with E-state index in [2.05, 4.69) is 10.3 Å². The van der Waals surface area contributed by atoms with E-state index in [1.165, 1.54) is 6.07 Å². The normalized spacial score (nSPS) is 11.3. The first-order valence-corrected chi connectivity index (χ1v) is 6.81. The summed E-state index contributed by atoms with van der Waals surface area (Å²) in [5.41, 5.74) is -0.928. The van der Waals surface area contributed by atoms with Gasteiger partial charge in [-0.2, -0.15) is 13.2 Å². The largest absolute Gasteiger partial charge is 0.418 e. The van der Waals surface area contributed by atoms with E-state index >= 15 is 0 Å². The van der Waals surface area contributed by atoms with Crippen LogP contribution in [0.25, 0.3) is 0 Å². The molecule has 112 valence electrons. The lowest BCUT2D eigenvalue weighted by Gasteiger charge is -2.09. The maximum absolute atomic E-state index is 12.5. The van der Waals surface area contributed by atoms with E-state index in [1.807, 2.05) is 0 Å². The van der Waals surface area contributed by atoms with Crippen molar-refractivity contribution in [3.63, 3.8) is 0 Å². The van der Waals surface area contributed by atoms with Gasteiger partial charge in [0, 0.05) is 0 Å². The van der Waals surface area contributed by atoms with Crippen molar-refractivity contribution in [1.82, 2.24) is 4.98 Å². The Hall–Kier alpha value is -1.51. The molecule has 0 radical (unpaired) electrons. The minimum absolute atomic E-state index is 0.0244. The highest BCUT2D eigenvalue weighted by Gasteiger charge is 2.30. The van der Waals surface area contributed by atoms with Crippen molar-refractivity contribution < 1.29 is 22.7 Å². The Morgan fingerprint density at radius 2 is 2.05 bits per heavy atom. The Bertz CT molecular complexity index is 676. The second-order valence-electron chi connectivity index (χ2n) is 3.63. The zero-order valence-corrected chi connectivity index (χ0v) is 12.2. The third-order valence-corrected chi connectivity index (χ3v) is 3.51. The number of halogens is 5. The molecule has 1 N–H and O–H groups in total. The fraction of sp³-hybridized carbons (Fsp3) is 0.0909. The number of ether oxygens (including phenoxy) is 1. The molecular weight excluding hydrogens is 352 g/mol. The van der Waals surface area contributed by atoms with E-state index in [-0.39, 0.29) is 20.4 Å². The quantitative estimate of drug-likeness (QED) is 0.816. The van der Waals surface area contributed by atoms with Gasteiger partial charge in [-0.3, -0.25) is 5.32 Å². The van der Waals surface area contributed by atoms with Crippen molar-refractivity contribution in [2.75, 3.05) is 5.32 Å². The number of alkyl halides is 3. The van der Waals surface area contributed by atoms with Crippen LogP contribution in [0, 0.1) is 0 Å². The molecule has 2 rings (SSSR count). The average Bonchev–Trinajstić information content (AvgIpc) is 2.67. The molecule has 1 aromatic heterocycles. The number of benzene rings is 1. The third kappa shape index (κ3) is 4.23. The molecule has 4 nitrogen and oxygen atoms in total. The van der Waals surface area contributed by atoms with Crippen LogP contribution < -0.4 is 10.1 Å². The number of nitrogens with zero attached hydrogens (tertiary/aromatic N) is 1. The molecule has 0 bridgehead atoms. The number of nitrogens with one attached hydrogen (secondary N) is 1. The lowest BCUT2D eigenvalue weighted by Crippen LogP contribution is -2.17. The Morgan fingerprint density at radius 3 is 2.62 bits per heavy atom. The van der Waals surface area contributed by atoms with Crippen molar-refractivity contribution >= 4 is 46.4 Å². The highest BCUT2D eigenvalue weighted by molar-refractivity contribution is 7.20. The van der Waals surface area contributed by atoms with Crippen molar-refractivity contribution in [2.24, 2.45) is 0 Å². The third-order valence-electron chi connectivity index (χ3n) is 2.15. The van der Waals surface area contributed by atoms with Crippen molar-refractivity contribution in [3.8, 4) is 5.75 Å². The van der Waals surface area contributed by atoms with Crippen molar-refractivity contribution in [2.45, 2.75) is 6.18 Å². The predicted molar refractivity (Wildman–Crippen MR) is 73.2 cm³/mol. The molecule has 2 aromatic rings. The molecule has 0 unspecified atom stereocenters. The maximum Gasteiger partial charge on any atom is 0.418 e. The zero-order chi connectivity index (χ0) is 15.6. The van der Waals surface area contributed by atoms with Crippen LogP contribution in [0.2, 0.25) is 8.80 Å². The molecule has 0 aliphatic carbocycles. The predicted octanol–water partition coefficient (Wildman–Crippen LogP) is 5.08. The van der Waals surface area contributed by atoms with Gasteiger partial charge in [0.05, 0.1) is 5.56 Å². The summed E-state index contributed by atoms with van der Waals surface area (Å²) < 4.78 is 42.5. The second kappa shape index (κ2) is 6.08. The van der Waals surface area contributed by atoms with Crippen LogP contribution in [0.1, 0.15) is 5.56 Å². The molecule has 10 heteroatoms. The maximum atomic E-state index is 12.5. The molecule has 0 atom stereocenters. The summed E-state index contributed by atoms with van der Waals surface area (Å²) in [6, 6.07) is 3.90. The van der Waals surface area contributed by atoms with Gasteiger partial charge in [0.15, 0.2) is 10.3 Å². The lowest BCUT2D eigenvalue weighted by atomic mass is 10.2. The monoisotopic (exact) mass is 356 g/mol. The number of carbonyl (C=O) groups excluding carboxylic acids is 1. The SMILES string of the molecule is O=C(Nc1nc(Cl)sc1Cl)Oc1cccc(C(F)(F)F)c1. The molecule has 21 heavy (non-hydrogen) atoms. The first-order chi connectivity index (χ1) is 9.75. The Balaban J connectivity index is 2.08. The number of rotatable bonds is 2. The molecule has 0 aliphatic rings. The van der Waals surface area contributed by atoms with Gasteiger partial charge < -0.3 is 4.74 Å². The van der Waals surface area contributed by atoms with E-state index < -0.39 is 17.8 Å². The van der Waals surface area contributed by atoms with Gasteiger partial charge in [0.2, 0.25) is 0 Å². The number of aromatic nitrogens is 1. The average molecular weight is 357 g/mol. The smallest absolute Gasteiger partial charge is 0.410 e. The molecular formula is C11H5Cl2F3N2O2S. The first kappa shape index (κ1) is 15.9. The summed E-state index contributed by atoms with van der Waals surface area (Å²) in [7, 11) is 0. The number of amides is 1. The molecule has 1 aromatic carbocycles. The topological polar surface area (TPSA) is 51.2 Å². The standard InChI is InChI=1S/C11H5Cl2F3N2O2S/c12-7-8(17-9(13)21-7)18-10(19)20-6-3-1-2-5(4-6)11(14,15)16/h1-4H,(H,18,19). The van der Waals surface area contributed by atoms with Crippen molar-refractivity contribution in [1.29, 1.82) is 0 Å². The van der Waals surface area contributed by atoms with Gasteiger partial charge in [0.1, 0.15) is 10.1 Å². The fourth-order valence-corrected chi connectivity index (χ4v) is 2.54. The lowest BCUT2D eigenvalue weighted by molar-refractivity contribution is -0.137. The summed E-state index contributed by atoms with van der Waals surface area (Å²) in [5, 5.41) is 2.18. The highest BCUT2D eigenvalue weighted by Crippen LogP contribution is 2.33. The molecule has 0 fully saturated rings. The molecule has 0 saturated heterocycles. The molecule has 1 heterocycles. The first-order valence-electron chi connectivity index (χ1n) is 5.23. The molecule has 0 spiro atoms. The Labute approximate surface area is 130 Å². The fourth-order valence-electron chi connectivity index (χ4n) is 1.32. The van der Waals surface area contributed by atoms with Gasteiger partial charge in [-0.05, 0) is 18.2 Å². The Kier molecular flexibility index (Phi) is 4.60. The zero-order valence-electron chi connectivity index (χ0n) is 9.87. The highest BCUT2D eigenvalue weighted by atomic mass is 35.5. The van der Waals surface area contributed by atoms with Gasteiger partial charge in [-0.15, -0.1) is 0 Å². The van der Waals surface area contributed by atoms with E-state index in [4.69, 9.17) is 27.9 Å². The minimum atomic E-state index is -4.53. The van der Waals surface area contributed by atoms with Gasteiger partial charge >= 0.3 is 12.3 Å². The molecule has 1 amide bonds. The summed E-state index contributed by atoms with van der Waals surface area (Å²) in [6.07, 6.45) is -5.56. The van der Waals surface area contributed by atoms with E-state index in [0.29, 0.717) is 6.07 Å². The number of thiazole rings is 1. The minimum Gasteiger partial charge on any atom is -0.410 e. The number of hydrogen-bond donors (Lipinski definition) is 1. The second-order valence-corrected chi connectivity index (χ2v) is 5.81. The number of anilines is 1. The summed E-state index contributed by atoms with van der Waals surface area (Å²) in [6.45, 7) is 0.